The summed E-state index contributed by atoms with van der Waals surface area (Å²) in [4.78, 5) is 8.48. The molecule has 10 nitrogen and oxygen atoms in total. The molecule has 0 aromatic rings. The standard InChI is InChI=1S/C8H12N4O2.2C6H12N2/c1-7(3-9,5-13)11-12-8(2,4-10)6-14;2*1-5(2)6-7-3-4-8-6/h13-14H,5-6H2,1-2H3;2*5H,3-4H2,1-2H3,(H,7,8). The summed E-state index contributed by atoms with van der Waals surface area (Å²) in [5.74, 6) is 3.50. The Bertz CT molecular complexity index is 632. The summed E-state index contributed by atoms with van der Waals surface area (Å²) in [6, 6.07) is 3.49. The van der Waals surface area contributed by atoms with Crippen molar-refractivity contribution in [2.24, 2.45) is 32.0 Å². The molecule has 2 unspecified atom stereocenters. The Balaban J connectivity index is 0.000000447. The maximum Gasteiger partial charge on any atom is 0.187 e. The summed E-state index contributed by atoms with van der Waals surface area (Å²) < 4.78 is 0. The van der Waals surface area contributed by atoms with Crippen molar-refractivity contribution in [1.29, 1.82) is 10.5 Å². The monoisotopic (exact) mass is 420 g/mol. The molecule has 2 aliphatic heterocycles. The number of aliphatic hydroxyl groups excluding tert-OH is 2. The zero-order valence-electron chi connectivity index (χ0n) is 19.0. The normalized spacial score (nSPS) is 18.9. The maximum atomic E-state index is 8.81. The van der Waals surface area contributed by atoms with Gasteiger partial charge in [-0.25, -0.2) is 0 Å². The number of aliphatic imine (C=N–C) groups is 2. The molecule has 4 N–H and O–H groups in total. The number of hydrogen-bond donors (Lipinski definition) is 4. The number of aliphatic hydroxyl groups is 2. The van der Waals surface area contributed by atoms with Crippen LogP contribution < -0.4 is 10.6 Å². The van der Waals surface area contributed by atoms with E-state index in [9.17, 15) is 0 Å². The van der Waals surface area contributed by atoms with Crippen LogP contribution in [0.2, 0.25) is 0 Å². The van der Waals surface area contributed by atoms with Gasteiger partial charge in [0.1, 0.15) is 0 Å². The highest BCUT2D eigenvalue weighted by atomic mass is 16.3. The lowest BCUT2D eigenvalue weighted by Crippen LogP contribution is -2.28. The number of nitrogens with zero attached hydrogens (tertiary/aromatic N) is 6. The average molecular weight is 421 g/mol. The van der Waals surface area contributed by atoms with Gasteiger partial charge in [0.05, 0.1) is 50.1 Å². The molecule has 0 saturated carbocycles. The second-order valence-electron chi connectivity index (χ2n) is 7.98. The van der Waals surface area contributed by atoms with Gasteiger partial charge in [-0.2, -0.15) is 20.8 Å². The van der Waals surface area contributed by atoms with Crippen molar-refractivity contribution in [1.82, 2.24) is 10.6 Å². The molecule has 168 valence electrons. The molecule has 0 spiro atoms. The Kier molecular flexibility index (Phi) is 12.5. The number of amidine groups is 2. The predicted octanol–water partition coefficient (Wildman–Crippen LogP) is 1.28. The maximum absolute atomic E-state index is 8.81. The second kappa shape index (κ2) is 13.6. The third-order valence-corrected chi connectivity index (χ3v) is 4.08. The Hall–Kier alpha value is -2.56. The molecular formula is C20H36N8O2. The van der Waals surface area contributed by atoms with E-state index >= 15 is 0 Å². The van der Waals surface area contributed by atoms with Crippen LogP contribution in [0.1, 0.15) is 41.5 Å². The van der Waals surface area contributed by atoms with Gasteiger partial charge in [0.25, 0.3) is 0 Å². The summed E-state index contributed by atoms with van der Waals surface area (Å²) in [5, 5.41) is 48.3. The molecule has 0 bridgehead atoms. The first kappa shape index (κ1) is 27.4. The van der Waals surface area contributed by atoms with Crippen molar-refractivity contribution in [2.75, 3.05) is 39.4 Å². The van der Waals surface area contributed by atoms with Gasteiger partial charge in [-0.3, -0.25) is 9.98 Å². The van der Waals surface area contributed by atoms with Crippen LogP contribution in [0.3, 0.4) is 0 Å². The largest absolute Gasteiger partial charge is 0.393 e. The van der Waals surface area contributed by atoms with Gasteiger partial charge in [-0.1, -0.05) is 27.7 Å². The van der Waals surface area contributed by atoms with Gasteiger partial charge in [0.15, 0.2) is 11.1 Å². The summed E-state index contributed by atoms with van der Waals surface area (Å²) in [6.07, 6.45) is 0. The average Bonchev–Trinajstić information content (AvgIpc) is 3.47. The lowest BCUT2D eigenvalue weighted by molar-refractivity contribution is 0.217. The van der Waals surface area contributed by atoms with Gasteiger partial charge in [0.2, 0.25) is 0 Å². The molecule has 2 aliphatic rings. The first-order valence-corrected chi connectivity index (χ1v) is 10.1. The molecule has 0 aliphatic carbocycles. The highest BCUT2D eigenvalue weighted by Gasteiger charge is 2.27. The van der Waals surface area contributed by atoms with Crippen molar-refractivity contribution in [3.8, 4) is 12.1 Å². The number of rotatable bonds is 6. The molecular weight excluding hydrogens is 384 g/mol. The lowest BCUT2D eigenvalue weighted by atomic mass is 10.1. The Morgan fingerprint density at radius 1 is 0.867 bits per heavy atom. The first-order valence-electron chi connectivity index (χ1n) is 10.1. The van der Waals surface area contributed by atoms with E-state index in [1.54, 1.807) is 12.1 Å². The predicted molar refractivity (Wildman–Crippen MR) is 117 cm³/mol. The second-order valence-corrected chi connectivity index (χ2v) is 7.98. The molecule has 0 radical (unpaired) electrons. The highest BCUT2D eigenvalue weighted by Crippen LogP contribution is 2.14. The summed E-state index contributed by atoms with van der Waals surface area (Å²) in [7, 11) is 0. The number of nitrogens with one attached hydrogen (secondary N) is 2. The summed E-state index contributed by atoms with van der Waals surface area (Å²) in [5.41, 5.74) is -2.71. The highest BCUT2D eigenvalue weighted by molar-refractivity contribution is 5.85. The van der Waals surface area contributed by atoms with Crippen LogP contribution in [0.15, 0.2) is 20.2 Å². The van der Waals surface area contributed by atoms with Gasteiger partial charge < -0.3 is 20.8 Å². The quantitative estimate of drug-likeness (QED) is 0.473. The van der Waals surface area contributed by atoms with E-state index < -0.39 is 24.3 Å². The molecule has 30 heavy (non-hydrogen) atoms. The molecule has 0 aromatic heterocycles. The van der Waals surface area contributed by atoms with E-state index in [-0.39, 0.29) is 0 Å². The van der Waals surface area contributed by atoms with E-state index in [0.717, 1.165) is 26.2 Å². The number of nitriles is 2. The van der Waals surface area contributed by atoms with Crippen molar-refractivity contribution >= 4 is 11.7 Å². The van der Waals surface area contributed by atoms with E-state index in [0.29, 0.717) is 11.8 Å². The van der Waals surface area contributed by atoms with Gasteiger partial charge in [-0.05, 0) is 13.8 Å². The lowest BCUT2D eigenvalue weighted by Gasteiger charge is -2.15. The Morgan fingerprint density at radius 3 is 1.33 bits per heavy atom. The van der Waals surface area contributed by atoms with Crippen LogP contribution in [-0.4, -0.2) is 72.4 Å². The molecule has 2 rings (SSSR count). The van der Waals surface area contributed by atoms with E-state index in [1.807, 2.05) is 0 Å². The van der Waals surface area contributed by atoms with Gasteiger partial charge in [0, 0.05) is 24.9 Å². The van der Waals surface area contributed by atoms with Crippen molar-refractivity contribution in [3.05, 3.63) is 0 Å². The molecule has 0 saturated heterocycles. The minimum atomic E-state index is -1.35. The fourth-order valence-corrected chi connectivity index (χ4v) is 2.01. The van der Waals surface area contributed by atoms with Crippen LogP contribution in [-0.2, 0) is 0 Å². The molecule has 0 amide bonds. The van der Waals surface area contributed by atoms with Gasteiger partial charge >= 0.3 is 0 Å². The number of azo groups is 1. The van der Waals surface area contributed by atoms with Crippen LogP contribution in [0.5, 0.6) is 0 Å². The molecule has 0 aromatic carbocycles. The van der Waals surface area contributed by atoms with Crippen molar-refractivity contribution < 1.29 is 10.2 Å². The van der Waals surface area contributed by atoms with Gasteiger partial charge in [-0.15, -0.1) is 0 Å². The van der Waals surface area contributed by atoms with Crippen LogP contribution >= 0.6 is 0 Å². The molecule has 2 heterocycles. The molecule has 0 fully saturated rings. The minimum Gasteiger partial charge on any atom is -0.393 e. The molecule has 10 heteroatoms. The van der Waals surface area contributed by atoms with Crippen molar-refractivity contribution in [3.63, 3.8) is 0 Å². The third-order valence-electron chi connectivity index (χ3n) is 4.08. The SMILES string of the molecule is CC(C#N)(CO)N=NC(C)(C#N)CO.CC(C)C1=NCCN1.CC(C)C1=NCCN1. The summed E-state index contributed by atoms with van der Waals surface area (Å²) in [6.45, 7) is 14.4. The smallest absolute Gasteiger partial charge is 0.187 e. The van der Waals surface area contributed by atoms with Crippen molar-refractivity contribution in [2.45, 2.75) is 52.6 Å². The fourth-order valence-electron chi connectivity index (χ4n) is 2.01. The zero-order chi connectivity index (χ0) is 23.2. The van der Waals surface area contributed by atoms with Crippen LogP contribution in [0, 0.1) is 34.5 Å². The van der Waals surface area contributed by atoms with Crippen LogP contribution in [0.4, 0.5) is 0 Å². The third kappa shape index (κ3) is 10.3. The molecule has 2 atom stereocenters. The Morgan fingerprint density at radius 2 is 1.20 bits per heavy atom. The van der Waals surface area contributed by atoms with E-state index in [2.05, 4.69) is 58.5 Å². The van der Waals surface area contributed by atoms with Crippen LogP contribution in [0.25, 0.3) is 0 Å². The fraction of sp³-hybridized carbons (Fsp3) is 0.800. The van der Waals surface area contributed by atoms with E-state index in [1.165, 1.54) is 25.5 Å². The summed E-state index contributed by atoms with van der Waals surface area (Å²) >= 11 is 0. The Labute approximate surface area is 179 Å². The number of hydrogen-bond acceptors (Lipinski definition) is 10. The van der Waals surface area contributed by atoms with E-state index in [4.69, 9.17) is 20.7 Å². The topological polar surface area (TPSA) is 162 Å². The minimum absolute atomic E-state index is 0.486. The zero-order valence-corrected chi connectivity index (χ0v) is 19.0. The first-order chi connectivity index (χ1) is 14.1.